The molecule has 0 aromatic rings. The molecule has 0 saturated carbocycles. The van der Waals surface area contributed by atoms with Crippen molar-refractivity contribution in [1.82, 2.24) is 5.32 Å². The highest BCUT2D eigenvalue weighted by molar-refractivity contribution is 5.77. The van der Waals surface area contributed by atoms with Crippen LogP contribution in [-0.2, 0) is 4.79 Å². The number of carboxylic acids is 1. The minimum Gasteiger partial charge on any atom is -0.479 e. The minimum absolute atomic E-state index is 0.0247. The third kappa shape index (κ3) is 2.25. The second kappa shape index (κ2) is 3.51. The van der Waals surface area contributed by atoms with Crippen LogP contribution in [0.5, 0.6) is 0 Å². The van der Waals surface area contributed by atoms with Crippen LogP contribution in [0.3, 0.4) is 0 Å². The molecule has 2 unspecified atom stereocenters. The van der Waals surface area contributed by atoms with Crippen molar-refractivity contribution in [3.8, 4) is 0 Å². The average molecular weight is 201 g/mol. The minimum atomic E-state index is -1.59. The molecule has 1 aliphatic rings. The summed E-state index contributed by atoms with van der Waals surface area (Å²) < 4.78 is 0. The van der Waals surface area contributed by atoms with Gasteiger partial charge in [0.05, 0.1) is 0 Å². The van der Waals surface area contributed by atoms with Crippen molar-refractivity contribution in [3.63, 3.8) is 0 Å². The van der Waals surface area contributed by atoms with Crippen LogP contribution < -0.4 is 5.32 Å². The third-order valence-corrected chi connectivity index (χ3v) is 3.02. The van der Waals surface area contributed by atoms with Gasteiger partial charge in [0, 0.05) is 6.54 Å². The van der Waals surface area contributed by atoms with Gasteiger partial charge in [-0.2, -0.15) is 0 Å². The first-order chi connectivity index (χ1) is 6.26. The summed E-state index contributed by atoms with van der Waals surface area (Å²) in [6.07, 6.45) is 0.332. The number of hydrogen-bond acceptors (Lipinski definition) is 3. The number of aliphatic hydroxyl groups is 1. The smallest absolute Gasteiger partial charge is 0.337 e. The predicted molar refractivity (Wildman–Crippen MR) is 53.0 cm³/mol. The third-order valence-electron chi connectivity index (χ3n) is 3.02. The van der Waals surface area contributed by atoms with Crippen LogP contribution in [0.4, 0.5) is 0 Å². The van der Waals surface area contributed by atoms with E-state index in [2.05, 4.69) is 26.1 Å². The quantitative estimate of drug-likeness (QED) is 0.576. The van der Waals surface area contributed by atoms with Gasteiger partial charge in [-0.3, -0.25) is 0 Å². The Morgan fingerprint density at radius 1 is 1.50 bits per heavy atom. The first-order valence-corrected chi connectivity index (χ1v) is 4.92. The van der Waals surface area contributed by atoms with Crippen LogP contribution in [0.1, 0.15) is 27.2 Å². The zero-order chi connectivity index (χ0) is 11.0. The van der Waals surface area contributed by atoms with E-state index >= 15 is 0 Å². The molecule has 4 nitrogen and oxygen atoms in total. The lowest BCUT2D eigenvalue weighted by Gasteiger charge is -2.40. The molecule has 0 amide bonds. The zero-order valence-corrected chi connectivity index (χ0v) is 9.00. The maximum atomic E-state index is 10.9. The van der Waals surface area contributed by atoms with Crippen LogP contribution in [0, 0.1) is 11.3 Å². The number of piperidine rings is 1. The summed E-state index contributed by atoms with van der Waals surface area (Å²) >= 11 is 0. The molecule has 82 valence electrons. The Morgan fingerprint density at radius 3 is 2.50 bits per heavy atom. The number of carbonyl (C=O) groups is 1. The molecule has 0 bridgehead atoms. The monoisotopic (exact) mass is 201 g/mol. The Labute approximate surface area is 84.3 Å². The van der Waals surface area contributed by atoms with Gasteiger partial charge in [0.15, 0.2) is 5.60 Å². The van der Waals surface area contributed by atoms with Gasteiger partial charge in [0.1, 0.15) is 0 Å². The number of hydrogen-bond donors (Lipinski definition) is 3. The topological polar surface area (TPSA) is 69.6 Å². The number of aliphatic carboxylic acids is 1. The number of β-amino-alcohol motifs (C(OH)–C–C–N with tert-alkyl or cyclic N) is 1. The van der Waals surface area contributed by atoms with E-state index in [-0.39, 0.29) is 17.9 Å². The molecule has 1 rings (SSSR count). The molecule has 3 N–H and O–H groups in total. The second-order valence-corrected chi connectivity index (χ2v) is 5.23. The lowest BCUT2D eigenvalue weighted by Crippen LogP contribution is -2.56. The highest BCUT2D eigenvalue weighted by Crippen LogP contribution is 2.34. The highest BCUT2D eigenvalue weighted by atomic mass is 16.4. The summed E-state index contributed by atoms with van der Waals surface area (Å²) in [7, 11) is 0. The van der Waals surface area contributed by atoms with Gasteiger partial charge in [-0.1, -0.05) is 20.8 Å². The Hall–Kier alpha value is -0.610. The van der Waals surface area contributed by atoms with Gasteiger partial charge in [-0.25, -0.2) is 4.79 Å². The number of nitrogens with one attached hydrogen (secondary N) is 1. The van der Waals surface area contributed by atoms with Crippen molar-refractivity contribution in [1.29, 1.82) is 0 Å². The normalized spacial score (nSPS) is 34.1. The lowest BCUT2D eigenvalue weighted by molar-refractivity contribution is -0.163. The summed E-state index contributed by atoms with van der Waals surface area (Å²) in [5, 5.41) is 21.7. The van der Waals surface area contributed by atoms with Crippen molar-refractivity contribution in [3.05, 3.63) is 0 Å². The van der Waals surface area contributed by atoms with Crippen molar-refractivity contribution in [2.45, 2.75) is 32.8 Å². The van der Waals surface area contributed by atoms with Gasteiger partial charge in [0.2, 0.25) is 0 Å². The SMILES string of the molecule is CC(C)(C)C1CNCC(O)(C(=O)O)C1. The molecule has 1 heterocycles. The average Bonchev–Trinajstić information content (AvgIpc) is 2.02. The molecule has 1 aliphatic heterocycles. The molecule has 0 radical (unpaired) electrons. The Kier molecular flexibility index (Phi) is 2.88. The van der Waals surface area contributed by atoms with Gasteiger partial charge in [-0.05, 0) is 24.3 Å². The molecule has 4 heteroatoms. The Morgan fingerprint density at radius 2 is 2.07 bits per heavy atom. The fourth-order valence-corrected chi connectivity index (χ4v) is 1.78. The van der Waals surface area contributed by atoms with E-state index in [9.17, 15) is 9.90 Å². The Balaban J connectivity index is 2.74. The van der Waals surface area contributed by atoms with E-state index in [1.807, 2.05) is 0 Å². The van der Waals surface area contributed by atoms with Crippen molar-refractivity contribution >= 4 is 5.97 Å². The van der Waals surface area contributed by atoms with Crippen LogP contribution in [0.2, 0.25) is 0 Å². The first-order valence-electron chi connectivity index (χ1n) is 4.92. The molecule has 0 spiro atoms. The fourth-order valence-electron chi connectivity index (χ4n) is 1.78. The Bertz CT molecular complexity index is 234. The van der Waals surface area contributed by atoms with Crippen molar-refractivity contribution in [2.75, 3.05) is 13.1 Å². The molecule has 0 aromatic heterocycles. The van der Waals surface area contributed by atoms with E-state index in [0.29, 0.717) is 6.42 Å². The van der Waals surface area contributed by atoms with Gasteiger partial charge >= 0.3 is 5.97 Å². The summed E-state index contributed by atoms with van der Waals surface area (Å²) in [4.78, 5) is 10.9. The summed E-state index contributed by atoms with van der Waals surface area (Å²) in [5.74, 6) is -0.934. The summed E-state index contributed by atoms with van der Waals surface area (Å²) in [6, 6.07) is 0. The van der Waals surface area contributed by atoms with E-state index in [1.54, 1.807) is 0 Å². The van der Waals surface area contributed by atoms with E-state index in [1.165, 1.54) is 0 Å². The second-order valence-electron chi connectivity index (χ2n) is 5.23. The maximum Gasteiger partial charge on any atom is 0.337 e. The molecule has 0 aliphatic carbocycles. The molecule has 1 saturated heterocycles. The maximum absolute atomic E-state index is 10.9. The first kappa shape index (κ1) is 11.5. The molecule has 2 atom stereocenters. The number of rotatable bonds is 1. The highest BCUT2D eigenvalue weighted by Gasteiger charge is 2.44. The molecule has 0 aromatic carbocycles. The summed E-state index contributed by atoms with van der Waals surface area (Å²) in [5.41, 5.74) is -1.56. The fraction of sp³-hybridized carbons (Fsp3) is 0.900. The molecule has 1 fully saturated rings. The lowest BCUT2D eigenvalue weighted by atomic mass is 9.72. The van der Waals surface area contributed by atoms with Crippen LogP contribution in [0.15, 0.2) is 0 Å². The van der Waals surface area contributed by atoms with E-state index < -0.39 is 11.6 Å². The van der Waals surface area contributed by atoms with Gasteiger partial charge < -0.3 is 15.5 Å². The van der Waals surface area contributed by atoms with Crippen molar-refractivity contribution in [2.24, 2.45) is 11.3 Å². The molecular formula is C10H19NO3. The number of carboxylic acid groups (broad SMARTS) is 1. The predicted octanol–water partition coefficient (Wildman–Crippen LogP) is 0.458. The van der Waals surface area contributed by atoms with Gasteiger partial charge in [0.25, 0.3) is 0 Å². The van der Waals surface area contributed by atoms with Gasteiger partial charge in [-0.15, -0.1) is 0 Å². The summed E-state index contributed by atoms with van der Waals surface area (Å²) in [6.45, 7) is 7.11. The van der Waals surface area contributed by atoms with E-state index in [0.717, 1.165) is 6.54 Å². The molecule has 14 heavy (non-hydrogen) atoms. The molecular weight excluding hydrogens is 182 g/mol. The van der Waals surface area contributed by atoms with Crippen LogP contribution in [-0.4, -0.2) is 34.9 Å². The van der Waals surface area contributed by atoms with Crippen LogP contribution in [0.25, 0.3) is 0 Å². The standard InChI is InChI=1S/C10H19NO3/c1-9(2,3)7-4-10(14,8(12)13)6-11-5-7/h7,11,14H,4-6H2,1-3H3,(H,12,13). The van der Waals surface area contributed by atoms with Crippen molar-refractivity contribution < 1.29 is 15.0 Å². The van der Waals surface area contributed by atoms with E-state index in [4.69, 9.17) is 5.11 Å². The largest absolute Gasteiger partial charge is 0.479 e. The zero-order valence-electron chi connectivity index (χ0n) is 9.00. The van der Waals surface area contributed by atoms with Crippen LogP contribution >= 0.6 is 0 Å².